The lowest BCUT2D eigenvalue weighted by molar-refractivity contribution is -0.302. The van der Waals surface area contributed by atoms with E-state index < -0.39 is 93.9 Å². The van der Waals surface area contributed by atoms with Gasteiger partial charge in [0.1, 0.15) is 42.4 Å². The van der Waals surface area contributed by atoms with E-state index in [1.165, 1.54) is 6.07 Å². The van der Waals surface area contributed by atoms with Gasteiger partial charge in [0.15, 0.2) is 6.23 Å². The van der Waals surface area contributed by atoms with Gasteiger partial charge in [-0.1, -0.05) is 0 Å². The predicted octanol–water partition coefficient (Wildman–Crippen LogP) is -4.78. The van der Waals surface area contributed by atoms with Gasteiger partial charge < -0.3 is 55.8 Å². The van der Waals surface area contributed by atoms with Gasteiger partial charge in [-0.25, -0.2) is 18.7 Å². The largest absolute Gasteiger partial charge is 0.477 e. The molecule has 0 spiro atoms. The quantitative estimate of drug-likeness (QED) is 0.132. The molecule has 18 nitrogen and oxygen atoms in total. The highest BCUT2D eigenvalue weighted by Crippen LogP contribution is 2.51. The van der Waals surface area contributed by atoms with E-state index in [4.69, 9.17) is 24.8 Å². The van der Waals surface area contributed by atoms with Crippen LogP contribution in [-0.4, -0.2) is 118 Å². The van der Waals surface area contributed by atoms with E-state index in [9.17, 15) is 49.7 Å². The van der Waals surface area contributed by atoms with Crippen LogP contribution < -0.4 is 11.4 Å². The summed E-state index contributed by atoms with van der Waals surface area (Å²) in [5, 5.41) is 68.9. The third kappa shape index (κ3) is 5.75. The Kier molecular flexibility index (Phi) is 8.50. The minimum Gasteiger partial charge on any atom is -0.477 e. The standard InChI is InChI=1S/C17H26N3O15P/c18-9-1-2-20(16(29)19-9)14-12(26)11(25)8(33-14)5-32-36(30,31)35-17(15(27)28)3-6(22)10(24)13(34-17)7(23)4-21/h1-2,6-8,10-14,21-26H,3-5H2,(H,27,28)(H,30,31)(H2,18,19,29)/t6-,7+,8+,10+,11+,12-,13-,14-,17-/m1/s1. The summed E-state index contributed by atoms with van der Waals surface area (Å²) in [6, 6.07) is 1.21. The van der Waals surface area contributed by atoms with E-state index in [2.05, 4.69) is 9.51 Å². The summed E-state index contributed by atoms with van der Waals surface area (Å²) in [6.07, 6.45) is -14.1. The Labute approximate surface area is 201 Å². The van der Waals surface area contributed by atoms with Crippen LogP contribution in [0.5, 0.6) is 0 Å². The van der Waals surface area contributed by atoms with E-state index in [0.717, 1.165) is 10.8 Å². The Morgan fingerprint density at radius 3 is 2.56 bits per heavy atom. The number of phosphoric acid groups is 1. The first-order valence-corrected chi connectivity index (χ1v) is 11.8. The number of rotatable bonds is 9. The molecule has 2 aliphatic rings. The second-order valence-electron chi connectivity index (χ2n) is 8.10. The molecule has 36 heavy (non-hydrogen) atoms. The number of carbonyl (C=O) groups is 1. The van der Waals surface area contributed by atoms with Crippen molar-refractivity contribution in [3.05, 3.63) is 22.7 Å². The topological polar surface area (TPSA) is 294 Å². The number of nitrogens with two attached hydrogens (primary N) is 1. The highest BCUT2D eigenvalue weighted by molar-refractivity contribution is 7.47. The summed E-state index contributed by atoms with van der Waals surface area (Å²) < 4.78 is 33.0. The Morgan fingerprint density at radius 1 is 1.31 bits per heavy atom. The number of phosphoric ester groups is 1. The molecule has 1 unspecified atom stereocenters. The van der Waals surface area contributed by atoms with Gasteiger partial charge in [-0.2, -0.15) is 4.98 Å². The van der Waals surface area contributed by atoms with Crippen molar-refractivity contribution in [2.45, 2.75) is 61.2 Å². The van der Waals surface area contributed by atoms with Gasteiger partial charge in [0, 0.05) is 12.6 Å². The smallest absolute Gasteiger partial charge is 0.475 e. The number of aliphatic carboxylic acids is 1. The monoisotopic (exact) mass is 543 g/mol. The number of ether oxygens (including phenoxy) is 2. The summed E-state index contributed by atoms with van der Waals surface area (Å²) in [5.74, 6) is -5.26. The first-order chi connectivity index (χ1) is 16.7. The fourth-order valence-corrected chi connectivity index (χ4v) is 4.65. The van der Waals surface area contributed by atoms with Crippen molar-refractivity contribution in [1.82, 2.24) is 9.55 Å². The highest BCUT2D eigenvalue weighted by atomic mass is 31.2. The predicted molar refractivity (Wildman–Crippen MR) is 111 cm³/mol. The molecule has 0 aromatic carbocycles. The number of nitrogen functional groups attached to an aromatic ring is 1. The van der Waals surface area contributed by atoms with Gasteiger partial charge in [-0.05, 0) is 6.07 Å². The average Bonchev–Trinajstić information content (AvgIpc) is 3.07. The van der Waals surface area contributed by atoms with Crippen LogP contribution in [0.3, 0.4) is 0 Å². The summed E-state index contributed by atoms with van der Waals surface area (Å²) in [6.45, 7) is -1.99. The maximum atomic E-state index is 12.5. The first-order valence-electron chi connectivity index (χ1n) is 10.3. The molecule has 3 rings (SSSR count). The van der Waals surface area contributed by atoms with E-state index >= 15 is 0 Å². The van der Waals surface area contributed by atoms with E-state index in [1.54, 1.807) is 0 Å². The number of carboxylic acid groups (broad SMARTS) is 1. The van der Waals surface area contributed by atoms with Crippen LogP contribution in [0.1, 0.15) is 12.6 Å². The zero-order chi connectivity index (χ0) is 27.0. The van der Waals surface area contributed by atoms with Crippen LogP contribution in [0.25, 0.3) is 0 Å². The SMILES string of the molecule is Nc1ccn([C@@H]2O[C@@H](COP(=O)(O)O[C@@]3(C(=O)O)C[C@@H](O)[C@H](O)[C@@H]([C@@H](O)CO)O3)[C@H](O)[C@H]2O)c(=O)n1. The van der Waals surface area contributed by atoms with Crippen molar-refractivity contribution in [2.75, 3.05) is 18.9 Å². The number of nitrogens with zero attached hydrogens (tertiary/aromatic N) is 2. The van der Waals surface area contributed by atoms with Gasteiger partial charge in [0.05, 0.1) is 19.3 Å². The van der Waals surface area contributed by atoms with Crippen molar-refractivity contribution in [3.63, 3.8) is 0 Å². The van der Waals surface area contributed by atoms with Crippen LogP contribution >= 0.6 is 7.82 Å². The summed E-state index contributed by atoms with van der Waals surface area (Å²) >= 11 is 0. The molecule has 0 bridgehead atoms. The number of hydrogen-bond acceptors (Lipinski definition) is 15. The van der Waals surface area contributed by atoms with Crippen LogP contribution in [0, 0.1) is 0 Å². The Hall–Kier alpha value is -2.06. The van der Waals surface area contributed by atoms with Gasteiger partial charge >= 0.3 is 19.5 Å². The first kappa shape index (κ1) is 28.5. The lowest BCUT2D eigenvalue weighted by atomic mass is 9.93. The molecule has 1 aromatic rings. The van der Waals surface area contributed by atoms with Crippen LogP contribution in [0.15, 0.2) is 17.1 Å². The molecule has 0 aliphatic carbocycles. The Balaban J connectivity index is 1.73. The van der Waals surface area contributed by atoms with Crippen molar-refractivity contribution >= 4 is 19.6 Å². The normalized spacial score (nSPS) is 37.4. The molecule has 0 amide bonds. The van der Waals surface area contributed by atoms with Crippen LogP contribution in [0.2, 0.25) is 0 Å². The summed E-state index contributed by atoms with van der Waals surface area (Å²) in [4.78, 5) is 37.4. The minimum absolute atomic E-state index is 0.119. The Bertz CT molecular complexity index is 1060. The number of hydrogen-bond donors (Lipinski definition) is 9. The molecule has 10 N–H and O–H groups in total. The van der Waals surface area contributed by atoms with Gasteiger partial charge in [0.25, 0.3) is 5.79 Å². The molecule has 3 heterocycles. The number of aromatic nitrogens is 2. The molecule has 19 heteroatoms. The zero-order valence-electron chi connectivity index (χ0n) is 18.2. The van der Waals surface area contributed by atoms with Crippen LogP contribution in [-0.2, 0) is 27.9 Å². The number of aliphatic hydroxyl groups excluding tert-OH is 6. The number of anilines is 1. The number of aliphatic hydroxyl groups is 6. The van der Waals surface area contributed by atoms with Crippen LogP contribution in [0.4, 0.5) is 5.82 Å². The molecular formula is C17H26N3O15P. The molecule has 1 aromatic heterocycles. The van der Waals surface area contributed by atoms with E-state index in [0.29, 0.717) is 0 Å². The molecule has 2 aliphatic heterocycles. The highest BCUT2D eigenvalue weighted by Gasteiger charge is 2.57. The maximum absolute atomic E-state index is 12.5. The van der Waals surface area contributed by atoms with E-state index in [1.807, 2.05) is 0 Å². The molecular weight excluding hydrogens is 517 g/mol. The van der Waals surface area contributed by atoms with E-state index in [-0.39, 0.29) is 5.82 Å². The van der Waals surface area contributed by atoms with Crippen molar-refractivity contribution in [3.8, 4) is 0 Å². The Morgan fingerprint density at radius 2 is 1.97 bits per heavy atom. The van der Waals surface area contributed by atoms with Crippen molar-refractivity contribution < 1.29 is 68.5 Å². The fraction of sp³-hybridized carbons (Fsp3) is 0.706. The fourth-order valence-electron chi connectivity index (χ4n) is 3.69. The van der Waals surface area contributed by atoms with Gasteiger partial charge in [-0.15, -0.1) is 0 Å². The lowest BCUT2D eigenvalue weighted by Crippen LogP contribution is -2.62. The van der Waals surface area contributed by atoms with Gasteiger partial charge in [-0.3, -0.25) is 9.09 Å². The second-order valence-corrected chi connectivity index (χ2v) is 9.47. The van der Waals surface area contributed by atoms with Crippen molar-refractivity contribution in [1.29, 1.82) is 0 Å². The molecule has 0 saturated carbocycles. The summed E-state index contributed by atoms with van der Waals surface area (Å²) in [7, 11) is -5.41. The number of carboxylic acids is 1. The molecule has 204 valence electrons. The molecule has 2 saturated heterocycles. The zero-order valence-corrected chi connectivity index (χ0v) is 19.1. The lowest BCUT2D eigenvalue weighted by Gasteiger charge is -2.43. The second kappa shape index (κ2) is 10.7. The average molecular weight is 543 g/mol. The van der Waals surface area contributed by atoms with Gasteiger partial charge in [0.2, 0.25) is 0 Å². The van der Waals surface area contributed by atoms with Crippen molar-refractivity contribution in [2.24, 2.45) is 0 Å². The molecule has 10 atom stereocenters. The molecule has 0 radical (unpaired) electrons. The minimum atomic E-state index is -5.41. The summed E-state index contributed by atoms with van der Waals surface area (Å²) in [5.41, 5.74) is 4.46. The maximum Gasteiger partial charge on any atom is 0.475 e. The third-order valence-corrected chi connectivity index (χ3v) is 6.56. The third-order valence-electron chi connectivity index (χ3n) is 5.55. The molecule has 2 fully saturated rings.